The molecule has 2 amide bonds. The lowest BCUT2D eigenvalue weighted by Crippen LogP contribution is -2.61. The van der Waals surface area contributed by atoms with Gasteiger partial charge in [-0.2, -0.15) is 0 Å². The molecule has 3 N–H and O–H groups in total. The highest BCUT2D eigenvalue weighted by Crippen LogP contribution is 2.46. The largest absolute Gasteiger partial charge is 0.392 e. The molecule has 2 fully saturated rings. The topological polar surface area (TPSA) is 89.9 Å². The number of likely N-dealkylation sites (tertiary alicyclic amines) is 1. The molecule has 0 bridgehead atoms. The van der Waals surface area contributed by atoms with Crippen LogP contribution >= 0.6 is 11.6 Å². The van der Waals surface area contributed by atoms with Crippen molar-refractivity contribution in [3.8, 4) is 0 Å². The van der Waals surface area contributed by atoms with E-state index >= 15 is 0 Å². The highest BCUT2D eigenvalue weighted by atomic mass is 35.5. The fourth-order valence-electron chi connectivity index (χ4n) is 4.99. The van der Waals surface area contributed by atoms with Crippen LogP contribution in [0, 0.1) is 17.3 Å². The average Bonchev–Trinajstić information content (AvgIpc) is 3.13. The summed E-state index contributed by atoms with van der Waals surface area (Å²) >= 11 is 6.01. The molecular formula is C24H35ClN2O4. The third-order valence-corrected chi connectivity index (χ3v) is 7.38. The minimum Gasteiger partial charge on any atom is -0.392 e. The Hall–Kier alpha value is -1.63. The highest BCUT2D eigenvalue weighted by Gasteiger charge is 2.50. The fraction of sp³-hybridized carbons (Fsp3) is 0.667. The van der Waals surface area contributed by atoms with Crippen molar-refractivity contribution in [2.45, 2.75) is 71.1 Å². The Bertz CT molecular complexity index is 810. The van der Waals surface area contributed by atoms with Crippen molar-refractivity contribution in [2.75, 3.05) is 13.1 Å². The van der Waals surface area contributed by atoms with Crippen LogP contribution in [0.15, 0.2) is 24.3 Å². The molecule has 0 spiro atoms. The number of aliphatic hydroxyl groups excluding tert-OH is 1. The van der Waals surface area contributed by atoms with Crippen LogP contribution in [0.5, 0.6) is 0 Å². The van der Waals surface area contributed by atoms with Gasteiger partial charge in [0.25, 0.3) is 0 Å². The number of carbonyl (C=O) groups excluding carboxylic acids is 2. The predicted molar refractivity (Wildman–Crippen MR) is 120 cm³/mol. The number of aliphatic hydroxyl groups is 2. The summed E-state index contributed by atoms with van der Waals surface area (Å²) in [6.07, 6.45) is 1.86. The molecule has 0 aromatic heterocycles. The van der Waals surface area contributed by atoms with Crippen molar-refractivity contribution >= 4 is 23.4 Å². The molecule has 3 rings (SSSR count). The van der Waals surface area contributed by atoms with Gasteiger partial charge in [-0.1, -0.05) is 51.4 Å². The SMILES string of the molecule is CC(C)[C@@H](NC(=O)[C@H]1CCC[C@@H]1O)C(=O)N1CC[C@](O)(c2ccc(Cl)cc2)C(C)(C)C1. The maximum atomic E-state index is 13.4. The second kappa shape index (κ2) is 9.08. The molecule has 2 aliphatic rings. The van der Waals surface area contributed by atoms with Crippen molar-refractivity contribution in [1.29, 1.82) is 0 Å². The zero-order chi connectivity index (χ0) is 23.0. The van der Waals surface area contributed by atoms with Gasteiger partial charge < -0.3 is 20.4 Å². The van der Waals surface area contributed by atoms with E-state index in [0.717, 1.165) is 12.0 Å². The van der Waals surface area contributed by atoms with Crippen LogP contribution in [0.25, 0.3) is 0 Å². The van der Waals surface area contributed by atoms with Crippen molar-refractivity contribution < 1.29 is 19.8 Å². The number of carbonyl (C=O) groups is 2. The molecule has 6 nitrogen and oxygen atoms in total. The van der Waals surface area contributed by atoms with E-state index in [1.54, 1.807) is 17.0 Å². The molecule has 1 saturated heterocycles. The third-order valence-electron chi connectivity index (χ3n) is 7.13. The van der Waals surface area contributed by atoms with Gasteiger partial charge in [-0.25, -0.2) is 0 Å². The number of hydrogen-bond acceptors (Lipinski definition) is 4. The number of amides is 2. The van der Waals surface area contributed by atoms with Crippen molar-refractivity contribution in [3.63, 3.8) is 0 Å². The van der Waals surface area contributed by atoms with Crippen LogP contribution in [-0.2, 0) is 15.2 Å². The Labute approximate surface area is 190 Å². The smallest absolute Gasteiger partial charge is 0.245 e. The summed E-state index contributed by atoms with van der Waals surface area (Å²) in [6, 6.07) is 6.56. The summed E-state index contributed by atoms with van der Waals surface area (Å²) in [4.78, 5) is 27.9. The summed E-state index contributed by atoms with van der Waals surface area (Å²) in [7, 11) is 0. The molecule has 1 heterocycles. The van der Waals surface area contributed by atoms with Gasteiger partial charge in [0.1, 0.15) is 6.04 Å². The van der Waals surface area contributed by atoms with Crippen molar-refractivity contribution in [3.05, 3.63) is 34.9 Å². The van der Waals surface area contributed by atoms with E-state index in [9.17, 15) is 19.8 Å². The molecule has 0 unspecified atom stereocenters. The minimum absolute atomic E-state index is 0.0878. The van der Waals surface area contributed by atoms with Gasteiger partial charge in [0, 0.05) is 23.5 Å². The molecule has 1 aliphatic carbocycles. The molecule has 0 radical (unpaired) electrons. The predicted octanol–water partition coefficient (Wildman–Crippen LogP) is 3.09. The van der Waals surface area contributed by atoms with E-state index in [-0.39, 0.29) is 17.7 Å². The number of benzene rings is 1. The molecule has 1 aromatic carbocycles. The third kappa shape index (κ3) is 4.76. The molecule has 7 heteroatoms. The first-order valence-electron chi connectivity index (χ1n) is 11.2. The molecule has 172 valence electrons. The second-order valence-corrected chi connectivity index (χ2v) is 10.5. The number of rotatable bonds is 5. The summed E-state index contributed by atoms with van der Waals surface area (Å²) in [5, 5.41) is 25.1. The van der Waals surface area contributed by atoms with E-state index in [2.05, 4.69) is 5.32 Å². The van der Waals surface area contributed by atoms with Crippen LogP contribution < -0.4 is 5.32 Å². The summed E-state index contributed by atoms with van der Waals surface area (Å²) < 4.78 is 0. The summed E-state index contributed by atoms with van der Waals surface area (Å²) in [5.41, 5.74) is -0.890. The van der Waals surface area contributed by atoms with Gasteiger partial charge in [-0.15, -0.1) is 0 Å². The van der Waals surface area contributed by atoms with Gasteiger partial charge in [0.2, 0.25) is 11.8 Å². The van der Waals surface area contributed by atoms with Crippen LogP contribution in [0.3, 0.4) is 0 Å². The van der Waals surface area contributed by atoms with E-state index in [4.69, 9.17) is 11.6 Å². The lowest BCUT2D eigenvalue weighted by molar-refractivity contribution is -0.157. The normalized spacial score (nSPS) is 29.1. The van der Waals surface area contributed by atoms with Gasteiger partial charge in [-0.3, -0.25) is 9.59 Å². The van der Waals surface area contributed by atoms with E-state index in [1.165, 1.54) is 0 Å². The summed E-state index contributed by atoms with van der Waals surface area (Å²) in [6.45, 7) is 8.50. The number of nitrogens with zero attached hydrogens (tertiary/aromatic N) is 1. The molecule has 1 aliphatic heterocycles. The molecule has 1 saturated carbocycles. The Morgan fingerprint density at radius 2 is 1.84 bits per heavy atom. The zero-order valence-electron chi connectivity index (χ0n) is 18.9. The first-order chi connectivity index (χ1) is 14.5. The van der Waals surface area contributed by atoms with Gasteiger partial charge in [0.05, 0.1) is 17.6 Å². The number of halogens is 1. The molecular weight excluding hydrogens is 416 g/mol. The van der Waals surface area contributed by atoms with E-state index < -0.39 is 29.1 Å². The molecule has 1 aromatic rings. The molecule has 4 atom stereocenters. The standard InChI is InChI=1S/C24H35ClN2O4/c1-15(2)20(26-21(29)18-6-5-7-19(18)28)22(30)27-13-12-24(31,23(3,4)14-27)16-8-10-17(25)11-9-16/h8-11,15,18-20,28,31H,5-7,12-14H2,1-4H3,(H,26,29)/t18-,19-,20+,24-/m0/s1. The Balaban J connectivity index is 1.74. The van der Waals surface area contributed by atoms with Crippen LogP contribution in [0.2, 0.25) is 5.02 Å². The Morgan fingerprint density at radius 3 is 2.35 bits per heavy atom. The monoisotopic (exact) mass is 450 g/mol. The first kappa shape index (κ1) is 24.0. The second-order valence-electron chi connectivity index (χ2n) is 10.1. The zero-order valence-corrected chi connectivity index (χ0v) is 19.7. The van der Waals surface area contributed by atoms with Crippen molar-refractivity contribution in [1.82, 2.24) is 10.2 Å². The van der Waals surface area contributed by atoms with Crippen molar-refractivity contribution in [2.24, 2.45) is 17.3 Å². The quantitative estimate of drug-likeness (QED) is 0.643. The maximum absolute atomic E-state index is 13.4. The number of hydrogen-bond donors (Lipinski definition) is 3. The minimum atomic E-state index is -1.08. The lowest BCUT2D eigenvalue weighted by Gasteiger charge is -2.51. The van der Waals surface area contributed by atoms with Gasteiger partial charge in [-0.05, 0) is 49.3 Å². The van der Waals surface area contributed by atoms with Gasteiger partial charge >= 0.3 is 0 Å². The summed E-state index contributed by atoms with van der Waals surface area (Å²) in [5.74, 6) is -0.912. The first-order valence-corrected chi connectivity index (χ1v) is 11.6. The van der Waals surface area contributed by atoms with Crippen LogP contribution in [0.4, 0.5) is 0 Å². The highest BCUT2D eigenvalue weighted by molar-refractivity contribution is 6.30. The van der Waals surface area contributed by atoms with Crippen LogP contribution in [0.1, 0.15) is 58.9 Å². The van der Waals surface area contributed by atoms with Gasteiger partial charge in [0.15, 0.2) is 0 Å². The lowest BCUT2D eigenvalue weighted by atomic mass is 9.66. The van der Waals surface area contributed by atoms with Crippen LogP contribution in [-0.4, -0.2) is 52.2 Å². The Morgan fingerprint density at radius 1 is 1.19 bits per heavy atom. The molecule has 31 heavy (non-hydrogen) atoms. The van der Waals surface area contributed by atoms with E-state index in [0.29, 0.717) is 37.4 Å². The maximum Gasteiger partial charge on any atom is 0.245 e. The average molecular weight is 451 g/mol. The number of nitrogens with one attached hydrogen (secondary N) is 1. The Kier molecular flexibility index (Phi) is 7.04. The fourth-order valence-corrected chi connectivity index (χ4v) is 5.11. The van der Waals surface area contributed by atoms with E-state index in [1.807, 2.05) is 39.8 Å². The number of piperidine rings is 1.